The Labute approximate surface area is 177 Å². The Balaban J connectivity index is 1.45. The van der Waals surface area contributed by atoms with Gasteiger partial charge in [0.25, 0.3) is 0 Å². The maximum atomic E-state index is 12.7. The van der Waals surface area contributed by atoms with Crippen LogP contribution >= 0.6 is 0 Å². The average Bonchev–Trinajstić information content (AvgIpc) is 2.72. The molecule has 30 heavy (non-hydrogen) atoms. The number of anilines is 1. The summed E-state index contributed by atoms with van der Waals surface area (Å²) in [5, 5.41) is 10.9. The molecule has 1 heterocycles. The van der Waals surface area contributed by atoms with Crippen molar-refractivity contribution in [2.75, 3.05) is 23.1 Å². The average molecular weight is 451 g/mol. The highest BCUT2D eigenvalue weighted by atomic mass is 32.2. The molecule has 1 atom stereocenters. The highest BCUT2D eigenvalue weighted by Gasteiger charge is 2.33. The van der Waals surface area contributed by atoms with Crippen LogP contribution in [0, 0.1) is 0 Å². The van der Waals surface area contributed by atoms with E-state index in [0.29, 0.717) is 37.9 Å². The Bertz CT molecular complexity index is 1130. The standard InChI is InChI=1S/C21H26N2O5S2/c24-21(12-11-17-5-1-2-6-18(17)15-21)16-22-30(27,28)20-9-7-19(8-10-20)23-13-3-4-14-29(23,25)26/h1-2,5-10,22,24H,3-4,11-16H2. The third-order valence-corrected chi connectivity index (χ3v) is 9.16. The quantitative estimate of drug-likeness (QED) is 0.723. The van der Waals surface area contributed by atoms with E-state index in [9.17, 15) is 21.9 Å². The van der Waals surface area contributed by atoms with Crippen LogP contribution in [0.15, 0.2) is 53.4 Å². The van der Waals surface area contributed by atoms with E-state index in [0.717, 1.165) is 12.0 Å². The first-order valence-corrected chi connectivity index (χ1v) is 13.2. The van der Waals surface area contributed by atoms with Crippen LogP contribution < -0.4 is 9.03 Å². The Morgan fingerprint density at radius 3 is 2.43 bits per heavy atom. The molecule has 7 nitrogen and oxygen atoms in total. The molecule has 2 N–H and O–H groups in total. The minimum atomic E-state index is -3.83. The number of nitrogens with one attached hydrogen (secondary N) is 1. The molecule has 1 aliphatic carbocycles. The van der Waals surface area contributed by atoms with E-state index in [1.165, 1.54) is 34.1 Å². The zero-order valence-corrected chi connectivity index (χ0v) is 18.3. The van der Waals surface area contributed by atoms with Crippen molar-refractivity contribution < 1.29 is 21.9 Å². The second-order valence-electron chi connectivity index (χ2n) is 8.08. The molecule has 162 valence electrons. The van der Waals surface area contributed by atoms with Crippen molar-refractivity contribution in [2.45, 2.75) is 42.6 Å². The lowest BCUT2D eigenvalue weighted by Crippen LogP contribution is -2.46. The third-order valence-electron chi connectivity index (χ3n) is 5.87. The number of sulfonamides is 2. The molecule has 1 fully saturated rings. The SMILES string of the molecule is O=S(=O)(NCC1(O)CCc2ccccc2C1)c1ccc(N2CCCCS2(=O)=O)cc1. The highest BCUT2D eigenvalue weighted by Crippen LogP contribution is 2.29. The van der Waals surface area contributed by atoms with E-state index < -0.39 is 25.6 Å². The van der Waals surface area contributed by atoms with Crippen molar-refractivity contribution in [1.82, 2.24) is 4.72 Å². The van der Waals surface area contributed by atoms with E-state index >= 15 is 0 Å². The first kappa shape index (κ1) is 21.3. The van der Waals surface area contributed by atoms with E-state index in [1.807, 2.05) is 24.3 Å². The number of rotatable bonds is 5. The number of fused-ring (bicyclic) bond motifs is 1. The lowest BCUT2D eigenvalue weighted by Gasteiger charge is -2.33. The molecule has 0 aromatic heterocycles. The summed E-state index contributed by atoms with van der Waals surface area (Å²) < 4.78 is 53.8. The summed E-state index contributed by atoms with van der Waals surface area (Å²) in [6.07, 6.45) is 3.01. The molecule has 1 saturated heterocycles. The lowest BCUT2D eigenvalue weighted by molar-refractivity contribution is 0.0317. The fourth-order valence-corrected chi connectivity index (χ4v) is 6.88. The molecular weight excluding hydrogens is 424 g/mol. The minimum Gasteiger partial charge on any atom is -0.388 e. The molecule has 2 aliphatic rings. The van der Waals surface area contributed by atoms with Crippen molar-refractivity contribution in [1.29, 1.82) is 0 Å². The topological polar surface area (TPSA) is 104 Å². The summed E-state index contributed by atoms with van der Waals surface area (Å²) >= 11 is 0. The predicted octanol–water partition coefficient (Wildman–Crippen LogP) is 1.81. The van der Waals surface area contributed by atoms with Crippen molar-refractivity contribution in [3.8, 4) is 0 Å². The fourth-order valence-electron chi connectivity index (χ4n) is 4.12. The fraction of sp³-hybridized carbons (Fsp3) is 0.429. The Morgan fingerprint density at radius 2 is 1.73 bits per heavy atom. The van der Waals surface area contributed by atoms with Gasteiger partial charge in [0.1, 0.15) is 0 Å². The molecule has 0 saturated carbocycles. The van der Waals surface area contributed by atoms with Gasteiger partial charge in [-0.05, 0) is 61.1 Å². The maximum absolute atomic E-state index is 12.7. The number of aliphatic hydroxyl groups is 1. The second-order valence-corrected chi connectivity index (χ2v) is 11.9. The van der Waals surface area contributed by atoms with Gasteiger partial charge in [-0.3, -0.25) is 4.31 Å². The molecule has 2 aromatic rings. The number of hydrogen-bond donors (Lipinski definition) is 2. The molecule has 0 spiro atoms. The summed E-state index contributed by atoms with van der Waals surface area (Å²) in [5.74, 6) is 0.107. The van der Waals surface area contributed by atoms with E-state index in [-0.39, 0.29) is 17.2 Å². The summed E-state index contributed by atoms with van der Waals surface area (Å²) in [6.45, 7) is 0.326. The molecule has 9 heteroatoms. The van der Waals surface area contributed by atoms with Crippen molar-refractivity contribution >= 4 is 25.7 Å². The normalized spacial score (nSPS) is 23.7. The molecule has 0 bridgehead atoms. The Morgan fingerprint density at radius 1 is 1.03 bits per heavy atom. The largest absolute Gasteiger partial charge is 0.388 e. The van der Waals surface area contributed by atoms with Crippen LogP contribution in [0.1, 0.15) is 30.4 Å². The molecule has 0 amide bonds. The smallest absolute Gasteiger partial charge is 0.240 e. The van der Waals surface area contributed by atoms with Crippen molar-refractivity contribution in [2.24, 2.45) is 0 Å². The highest BCUT2D eigenvalue weighted by molar-refractivity contribution is 7.92. The molecule has 1 unspecified atom stereocenters. The van der Waals surface area contributed by atoms with Crippen LogP contribution in [-0.4, -0.2) is 46.4 Å². The van der Waals surface area contributed by atoms with Gasteiger partial charge in [-0.1, -0.05) is 24.3 Å². The summed E-state index contributed by atoms with van der Waals surface area (Å²) in [5.41, 5.74) is 1.56. The van der Waals surface area contributed by atoms with Gasteiger partial charge in [0.15, 0.2) is 0 Å². The molecule has 0 radical (unpaired) electrons. The van der Waals surface area contributed by atoms with Crippen LogP contribution in [0.4, 0.5) is 5.69 Å². The van der Waals surface area contributed by atoms with Gasteiger partial charge in [-0.2, -0.15) is 0 Å². The first-order valence-electron chi connectivity index (χ1n) is 10.1. The lowest BCUT2D eigenvalue weighted by atomic mass is 9.80. The second kappa shape index (κ2) is 7.96. The van der Waals surface area contributed by atoms with Gasteiger partial charge in [0, 0.05) is 19.5 Å². The van der Waals surface area contributed by atoms with Gasteiger partial charge in [0.05, 0.1) is 21.9 Å². The van der Waals surface area contributed by atoms with Crippen LogP contribution in [0.2, 0.25) is 0 Å². The number of aryl methyl sites for hydroxylation is 1. The molecular formula is C21H26N2O5S2. The van der Waals surface area contributed by atoms with Gasteiger partial charge in [-0.25, -0.2) is 21.6 Å². The van der Waals surface area contributed by atoms with E-state index in [1.54, 1.807) is 0 Å². The Hall–Kier alpha value is -1.94. The monoisotopic (exact) mass is 450 g/mol. The first-order chi connectivity index (χ1) is 14.2. The van der Waals surface area contributed by atoms with Gasteiger partial charge < -0.3 is 5.11 Å². The third kappa shape index (κ3) is 4.39. The summed E-state index contributed by atoms with van der Waals surface area (Å²) in [7, 11) is -7.18. The molecule has 4 rings (SSSR count). The van der Waals surface area contributed by atoms with Gasteiger partial charge in [0.2, 0.25) is 20.0 Å². The Kier molecular flexibility index (Phi) is 5.65. The van der Waals surface area contributed by atoms with Crippen LogP contribution in [0.5, 0.6) is 0 Å². The van der Waals surface area contributed by atoms with Crippen LogP contribution in [0.25, 0.3) is 0 Å². The predicted molar refractivity (Wildman–Crippen MR) is 115 cm³/mol. The van der Waals surface area contributed by atoms with E-state index in [2.05, 4.69) is 4.72 Å². The van der Waals surface area contributed by atoms with E-state index in [4.69, 9.17) is 0 Å². The summed E-state index contributed by atoms with van der Waals surface area (Å²) in [6, 6.07) is 13.7. The van der Waals surface area contributed by atoms with Gasteiger partial charge >= 0.3 is 0 Å². The van der Waals surface area contributed by atoms with Crippen LogP contribution in [-0.2, 0) is 32.9 Å². The summed E-state index contributed by atoms with van der Waals surface area (Å²) in [4.78, 5) is 0.0421. The van der Waals surface area contributed by atoms with Crippen molar-refractivity contribution in [3.05, 3.63) is 59.7 Å². The number of benzene rings is 2. The minimum absolute atomic E-state index is 0.0421. The van der Waals surface area contributed by atoms with Gasteiger partial charge in [-0.15, -0.1) is 0 Å². The van der Waals surface area contributed by atoms with Crippen LogP contribution in [0.3, 0.4) is 0 Å². The molecule has 2 aromatic carbocycles. The zero-order chi connectivity index (χ0) is 21.4. The van der Waals surface area contributed by atoms with Crippen molar-refractivity contribution in [3.63, 3.8) is 0 Å². The zero-order valence-electron chi connectivity index (χ0n) is 16.6. The maximum Gasteiger partial charge on any atom is 0.240 e. The number of nitrogens with zero attached hydrogens (tertiary/aromatic N) is 1. The molecule has 1 aliphatic heterocycles. The number of hydrogen-bond acceptors (Lipinski definition) is 5.